The summed E-state index contributed by atoms with van der Waals surface area (Å²) in [6.07, 6.45) is 16.6. The van der Waals surface area contributed by atoms with E-state index in [9.17, 15) is 9.59 Å². The van der Waals surface area contributed by atoms with Crippen LogP contribution in [0.15, 0.2) is 24.8 Å². The molecule has 0 radical (unpaired) electrons. The van der Waals surface area contributed by atoms with Crippen LogP contribution in [0.4, 0.5) is 0 Å². The number of unbranched alkanes of at least 4 members (excludes halogenated alkanes) is 3. The number of nitrogens with zero attached hydrogens (tertiary/aromatic N) is 4. The summed E-state index contributed by atoms with van der Waals surface area (Å²) in [5.74, 6) is 1.30. The Morgan fingerprint density at radius 3 is 2.37 bits per heavy atom. The van der Waals surface area contributed by atoms with Crippen molar-refractivity contribution in [3.63, 3.8) is 0 Å². The van der Waals surface area contributed by atoms with Crippen molar-refractivity contribution in [1.29, 1.82) is 0 Å². The van der Waals surface area contributed by atoms with Crippen LogP contribution in [0, 0.1) is 10.8 Å². The number of imidazole rings is 2. The van der Waals surface area contributed by atoms with Crippen LogP contribution in [0.3, 0.4) is 0 Å². The van der Waals surface area contributed by atoms with E-state index in [0.29, 0.717) is 18.2 Å². The van der Waals surface area contributed by atoms with Crippen LogP contribution in [-0.2, 0) is 20.6 Å². The Hall–Kier alpha value is -2.64. The topological polar surface area (TPSA) is 75.8 Å². The first-order chi connectivity index (χ1) is 17.9. The molecule has 2 amide bonds. The van der Waals surface area contributed by atoms with Gasteiger partial charge in [-0.3, -0.25) is 9.59 Å². The number of carbonyl (C=O) groups excluding carboxylic acids is 2. The SMILES string of the molecule is CCCCCCC(C)n1cc[n+](C)c1C(=O)NCC1(C)CC(NC(=O)c2n(CC)cc[n+]2C)CC(C)(C)C1. The van der Waals surface area contributed by atoms with Crippen molar-refractivity contribution in [2.24, 2.45) is 24.9 Å². The normalized spacial score (nSPS) is 21.7. The third-order valence-corrected chi connectivity index (χ3v) is 8.26. The fourth-order valence-electron chi connectivity index (χ4n) is 6.70. The second-order valence-electron chi connectivity index (χ2n) is 12.8. The Bertz CT molecular complexity index is 1100. The molecule has 2 aromatic heterocycles. The number of hydrogen-bond acceptors (Lipinski definition) is 2. The summed E-state index contributed by atoms with van der Waals surface area (Å²) in [7, 11) is 3.85. The van der Waals surface area contributed by atoms with Gasteiger partial charge in [-0.1, -0.05) is 47.0 Å². The average Bonchev–Trinajstić information content (AvgIpc) is 3.41. The molecule has 2 aromatic rings. The fraction of sp³-hybridized carbons (Fsp3) is 0.733. The number of carbonyl (C=O) groups is 2. The highest BCUT2D eigenvalue weighted by molar-refractivity contribution is 5.90. The molecule has 8 heteroatoms. The zero-order valence-electron chi connectivity index (χ0n) is 25.1. The smallest absolute Gasteiger partial charge is 0.345 e. The van der Waals surface area contributed by atoms with Gasteiger partial charge in [0.15, 0.2) is 0 Å². The lowest BCUT2D eigenvalue weighted by Crippen LogP contribution is -2.52. The number of hydrogen-bond donors (Lipinski definition) is 2. The van der Waals surface area contributed by atoms with E-state index in [1.54, 1.807) is 0 Å². The maximum Gasteiger partial charge on any atom is 0.347 e. The third kappa shape index (κ3) is 7.26. The number of aryl methyl sites for hydroxylation is 3. The molecule has 0 aromatic carbocycles. The van der Waals surface area contributed by atoms with Gasteiger partial charge in [0.2, 0.25) is 0 Å². The minimum absolute atomic E-state index is 0.0316. The molecule has 1 saturated carbocycles. The van der Waals surface area contributed by atoms with E-state index in [4.69, 9.17) is 0 Å². The first kappa shape index (κ1) is 29.9. The Balaban J connectivity index is 1.67. The molecule has 8 nitrogen and oxygen atoms in total. The first-order valence-corrected chi connectivity index (χ1v) is 14.6. The molecule has 1 fully saturated rings. The summed E-state index contributed by atoms with van der Waals surface area (Å²) in [5.41, 5.74) is -0.0610. The molecule has 38 heavy (non-hydrogen) atoms. The van der Waals surface area contributed by atoms with Crippen LogP contribution in [0.2, 0.25) is 0 Å². The van der Waals surface area contributed by atoms with Gasteiger partial charge in [0, 0.05) is 12.6 Å². The minimum Gasteiger partial charge on any atom is -0.345 e. The lowest BCUT2D eigenvalue weighted by Gasteiger charge is -2.46. The summed E-state index contributed by atoms with van der Waals surface area (Å²) < 4.78 is 7.91. The van der Waals surface area contributed by atoms with Crippen molar-refractivity contribution < 1.29 is 18.7 Å². The Morgan fingerprint density at radius 1 is 1.00 bits per heavy atom. The van der Waals surface area contributed by atoms with Crippen LogP contribution >= 0.6 is 0 Å². The molecular formula is C30H52N6O2+2. The zero-order chi connectivity index (χ0) is 28.1. The molecule has 1 aliphatic carbocycles. The molecule has 0 bridgehead atoms. The van der Waals surface area contributed by atoms with Crippen LogP contribution in [-0.4, -0.2) is 33.5 Å². The molecule has 2 N–H and O–H groups in total. The van der Waals surface area contributed by atoms with Crippen LogP contribution < -0.4 is 19.8 Å². The number of rotatable bonds is 12. The minimum atomic E-state index is -0.119. The second kappa shape index (κ2) is 12.5. The summed E-state index contributed by atoms with van der Waals surface area (Å²) in [5, 5.41) is 6.60. The predicted octanol–water partition coefficient (Wildman–Crippen LogP) is 4.23. The lowest BCUT2D eigenvalue weighted by atomic mass is 9.62. The van der Waals surface area contributed by atoms with Crippen molar-refractivity contribution in [3.05, 3.63) is 36.4 Å². The zero-order valence-corrected chi connectivity index (χ0v) is 25.1. The van der Waals surface area contributed by atoms with Gasteiger partial charge in [-0.05, 0) is 56.8 Å². The van der Waals surface area contributed by atoms with Gasteiger partial charge in [0.1, 0.15) is 24.8 Å². The van der Waals surface area contributed by atoms with Gasteiger partial charge in [-0.15, -0.1) is 0 Å². The molecule has 3 unspecified atom stereocenters. The highest BCUT2D eigenvalue weighted by Gasteiger charge is 2.43. The van der Waals surface area contributed by atoms with E-state index < -0.39 is 0 Å². The van der Waals surface area contributed by atoms with Crippen molar-refractivity contribution in [3.8, 4) is 0 Å². The van der Waals surface area contributed by atoms with Crippen molar-refractivity contribution in [1.82, 2.24) is 19.8 Å². The molecule has 0 aliphatic heterocycles. The van der Waals surface area contributed by atoms with E-state index >= 15 is 0 Å². The van der Waals surface area contributed by atoms with E-state index in [2.05, 4.69) is 49.8 Å². The quantitative estimate of drug-likeness (QED) is 0.320. The Labute approximate surface area is 229 Å². The van der Waals surface area contributed by atoms with Gasteiger partial charge in [0.25, 0.3) is 0 Å². The second-order valence-corrected chi connectivity index (χ2v) is 12.8. The highest BCUT2D eigenvalue weighted by Crippen LogP contribution is 2.45. The molecule has 212 valence electrons. The van der Waals surface area contributed by atoms with Gasteiger partial charge < -0.3 is 10.6 Å². The van der Waals surface area contributed by atoms with Crippen molar-refractivity contribution in [2.45, 2.75) is 112 Å². The van der Waals surface area contributed by atoms with E-state index in [1.807, 2.05) is 59.5 Å². The van der Waals surface area contributed by atoms with E-state index in [1.165, 1.54) is 25.7 Å². The summed E-state index contributed by atoms with van der Waals surface area (Å²) >= 11 is 0. The van der Waals surface area contributed by atoms with Crippen LogP contribution in [0.25, 0.3) is 0 Å². The number of amides is 2. The van der Waals surface area contributed by atoms with Crippen LogP contribution in [0.5, 0.6) is 0 Å². The first-order valence-electron chi connectivity index (χ1n) is 14.6. The van der Waals surface area contributed by atoms with E-state index in [0.717, 1.165) is 32.2 Å². The van der Waals surface area contributed by atoms with Gasteiger partial charge in [0.05, 0.1) is 26.7 Å². The lowest BCUT2D eigenvalue weighted by molar-refractivity contribution is -0.673. The highest BCUT2D eigenvalue weighted by atomic mass is 16.2. The molecular weight excluding hydrogens is 476 g/mol. The molecule has 1 aliphatic rings. The number of aromatic nitrogens is 4. The number of nitrogens with one attached hydrogen (secondary N) is 2. The monoisotopic (exact) mass is 528 g/mol. The summed E-state index contributed by atoms with van der Waals surface area (Å²) in [6.45, 7) is 14.6. The predicted molar refractivity (Wildman–Crippen MR) is 150 cm³/mol. The molecule has 0 spiro atoms. The van der Waals surface area contributed by atoms with Crippen molar-refractivity contribution >= 4 is 11.8 Å². The Morgan fingerprint density at radius 2 is 1.68 bits per heavy atom. The molecule has 3 rings (SSSR count). The third-order valence-electron chi connectivity index (χ3n) is 8.26. The molecule has 0 saturated heterocycles. The molecule has 2 heterocycles. The maximum atomic E-state index is 13.5. The average molecular weight is 529 g/mol. The standard InChI is InChI=1S/C30H50N6O2/c1-9-11-12-13-14-23(3)36-18-16-34(8)28(36)25(37)31-22-30(6)20-24(19-29(4,5)21-30)32-26(38)27-33(7)15-17-35(27)10-2/h15-18,23-24H,9-14,19-22H2,1-8H3/p+2. The van der Waals surface area contributed by atoms with Gasteiger partial charge >= 0.3 is 23.5 Å². The van der Waals surface area contributed by atoms with Crippen LogP contribution in [0.1, 0.15) is 120 Å². The summed E-state index contributed by atoms with van der Waals surface area (Å²) in [6, 6.07) is 0.331. The largest absolute Gasteiger partial charge is 0.347 e. The maximum absolute atomic E-state index is 13.5. The van der Waals surface area contributed by atoms with E-state index in [-0.39, 0.29) is 34.7 Å². The fourth-order valence-corrected chi connectivity index (χ4v) is 6.70. The van der Waals surface area contributed by atoms with Gasteiger partial charge in [-0.25, -0.2) is 18.3 Å². The van der Waals surface area contributed by atoms with Crippen molar-refractivity contribution in [2.75, 3.05) is 6.54 Å². The molecule has 3 atom stereocenters. The van der Waals surface area contributed by atoms with Gasteiger partial charge in [-0.2, -0.15) is 0 Å². The summed E-state index contributed by atoms with van der Waals surface area (Å²) in [4.78, 5) is 26.7. The Kier molecular flexibility index (Phi) is 9.82.